The van der Waals surface area contributed by atoms with Crippen LogP contribution in [0.1, 0.15) is 42.9 Å². The van der Waals surface area contributed by atoms with Crippen LogP contribution < -0.4 is 9.62 Å². The van der Waals surface area contributed by atoms with Crippen molar-refractivity contribution in [1.82, 2.24) is 4.90 Å². The third-order valence-electron chi connectivity index (χ3n) is 6.14. The van der Waals surface area contributed by atoms with E-state index in [1.807, 2.05) is 17.9 Å². The lowest BCUT2D eigenvalue weighted by atomic mass is 10.0. The number of carbonyl (C=O) groups excluding carboxylic acids is 1. The summed E-state index contributed by atoms with van der Waals surface area (Å²) in [5, 5.41) is 0.457. The summed E-state index contributed by atoms with van der Waals surface area (Å²) in [7, 11) is -3.86. The van der Waals surface area contributed by atoms with E-state index in [2.05, 4.69) is 42.8 Å². The summed E-state index contributed by atoms with van der Waals surface area (Å²) < 4.78 is 28.8. The van der Waals surface area contributed by atoms with Crippen molar-refractivity contribution in [2.45, 2.75) is 44.6 Å². The predicted molar refractivity (Wildman–Crippen MR) is 142 cm³/mol. The Morgan fingerprint density at radius 2 is 1.66 bits per heavy atom. The molecule has 35 heavy (non-hydrogen) atoms. The highest BCUT2D eigenvalue weighted by atomic mass is 35.5. The maximum absolute atomic E-state index is 13.5. The Balaban J connectivity index is 1.58. The maximum atomic E-state index is 13.5. The first-order chi connectivity index (χ1) is 16.6. The molecule has 3 aromatic carbocycles. The Hall–Kier alpha value is -3.03. The number of nitrogens with one attached hydrogen (secondary N) is 1. The molecule has 184 valence electrons. The van der Waals surface area contributed by atoms with Crippen molar-refractivity contribution in [3.8, 4) is 0 Å². The Kier molecular flexibility index (Phi) is 7.38. The molecule has 1 aliphatic rings. The molecule has 1 saturated heterocycles. The number of rotatable bonds is 7. The third-order valence-corrected chi connectivity index (χ3v) is 7.78. The minimum Gasteiger partial charge on any atom is -0.320 e. The van der Waals surface area contributed by atoms with Crippen molar-refractivity contribution in [3.05, 3.63) is 88.4 Å². The van der Waals surface area contributed by atoms with Crippen LogP contribution in [0.25, 0.3) is 0 Å². The van der Waals surface area contributed by atoms with Crippen molar-refractivity contribution in [2.75, 3.05) is 22.7 Å². The van der Waals surface area contributed by atoms with E-state index in [0.717, 1.165) is 17.5 Å². The molecule has 1 N–H and O–H groups in total. The first-order valence-electron chi connectivity index (χ1n) is 11.7. The SMILES string of the molecule is Cc1ccc(N2CCCN(Cc3ccc(C(C)C)cc3)C2=O)c(NS(=O)(=O)c2ccc(Cl)cc2)c1. The molecule has 1 heterocycles. The van der Waals surface area contributed by atoms with Gasteiger partial charge < -0.3 is 4.90 Å². The zero-order valence-corrected chi connectivity index (χ0v) is 21.7. The summed E-state index contributed by atoms with van der Waals surface area (Å²) in [6.45, 7) is 7.86. The number of anilines is 2. The van der Waals surface area contributed by atoms with Gasteiger partial charge >= 0.3 is 6.03 Å². The summed E-state index contributed by atoms with van der Waals surface area (Å²) in [5.74, 6) is 0.452. The van der Waals surface area contributed by atoms with Crippen molar-refractivity contribution in [1.29, 1.82) is 0 Å². The molecule has 0 unspecified atom stereocenters. The molecule has 0 radical (unpaired) electrons. The molecule has 2 amide bonds. The van der Waals surface area contributed by atoms with Crippen LogP contribution in [0, 0.1) is 6.92 Å². The van der Waals surface area contributed by atoms with Gasteiger partial charge in [0, 0.05) is 24.7 Å². The van der Waals surface area contributed by atoms with Gasteiger partial charge in [-0.15, -0.1) is 0 Å². The Morgan fingerprint density at radius 1 is 0.971 bits per heavy atom. The van der Waals surface area contributed by atoms with Gasteiger partial charge in [0.25, 0.3) is 10.0 Å². The van der Waals surface area contributed by atoms with E-state index in [0.29, 0.717) is 41.9 Å². The van der Waals surface area contributed by atoms with Crippen LogP contribution in [0.5, 0.6) is 0 Å². The average Bonchev–Trinajstić information content (AvgIpc) is 2.81. The van der Waals surface area contributed by atoms with E-state index in [4.69, 9.17) is 11.6 Å². The summed E-state index contributed by atoms with van der Waals surface area (Å²) in [4.78, 5) is 17.0. The third kappa shape index (κ3) is 5.80. The highest BCUT2D eigenvalue weighted by molar-refractivity contribution is 7.92. The number of urea groups is 1. The minimum atomic E-state index is -3.86. The fourth-order valence-corrected chi connectivity index (χ4v) is 5.36. The molecule has 0 spiro atoms. The highest BCUT2D eigenvalue weighted by Crippen LogP contribution is 2.32. The zero-order chi connectivity index (χ0) is 25.2. The molecule has 0 aromatic heterocycles. The second-order valence-electron chi connectivity index (χ2n) is 9.19. The standard InChI is InChI=1S/C27H30ClN3O3S/c1-19(2)22-8-6-21(7-9-22)18-30-15-4-16-31(27(30)32)26-14-5-20(3)17-25(26)29-35(33,34)24-12-10-23(28)11-13-24/h5-14,17,19,29H,4,15-16,18H2,1-3H3. The van der Waals surface area contributed by atoms with Crippen LogP contribution >= 0.6 is 11.6 Å². The number of nitrogens with zero attached hydrogens (tertiary/aromatic N) is 2. The number of carbonyl (C=O) groups is 1. The van der Waals surface area contributed by atoms with Crippen molar-refractivity contribution in [3.63, 3.8) is 0 Å². The molecule has 0 saturated carbocycles. The van der Waals surface area contributed by atoms with E-state index >= 15 is 0 Å². The maximum Gasteiger partial charge on any atom is 0.324 e. The fourth-order valence-electron chi connectivity index (χ4n) is 4.16. The van der Waals surface area contributed by atoms with Crippen LogP contribution in [-0.2, 0) is 16.6 Å². The van der Waals surface area contributed by atoms with Gasteiger partial charge in [0.15, 0.2) is 0 Å². The smallest absolute Gasteiger partial charge is 0.320 e. The quantitative estimate of drug-likeness (QED) is 0.398. The number of benzene rings is 3. The molecule has 0 aliphatic carbocycles. The highest BCUT2D eigenvalue weighted by Gasteiger charge is 2.29. The second kappa shape index (κ2) is 10.3. The van der Waals surface area contributed by atoms with E-state index in [9.17, 15) is 13.2 Å². The van der Waals surface area contributed by atoms with Crippen LogP contribution in [0.15, 0.2) is 71.6 Å². The average molecular weight is 512 g/mol. The fraction of sp³-hybridized carbons (Fsp3) is 0.296. The molecule has 0 bridgehead atoms. The lowest BCUT2D eigenvalue weighted by molar-refractivity contribution is 0.192. The monoisotopic (exact) mass is 511 g/mol. The number of hydrogen-bond donors (Lipinski definition) is 1. The largest absolute Gasteiger partial charge is 0.324 e. The molecule has 8 heteroatoms. The van der Waals surface area contributed by atoms with E-state index < -0.39 is 10.0 Å². The molecule has 1 aliphatic heterocycles. The number of halogens is 1. The summed E-state index contributed by atoms with van der Waals surface area (Å²) in [5.41, 5.74) is 4.12. The molecule has 0 atom stereocenters. The molecule has 4 rings (SSSR count). The number of amides is 2. The Bertz CT molecular complexity index is 1310. The van der Waals surface area contributed by atoms with E-state index in [1.165, 1.54) is 29.8 Å². The predicted octanol–water partition coefficient (Wildman–Crippen LogP) is 6.40. The van der Waals surface area contributed by atoms with Crippen molar-refractivity contribution in [2.24, 2.45) is 0 Å². The molecular weight excluding hydrogens is 482 g/mol. The second-order valence-corrected chi connectivity index (χ2v) is 11.3. The normalized spacial score (nSPS) is 14.5. The summed E-state index contributed by atoms with van der Waals surface area (Å²) in [6, 6.07) is 19.6. The number of hydrogen-bond acceptors (Lipinski definition) is 3. The Morgan fingerprint density at radius 3 is 2.31 bits per heavy atom. The van der Waals surface area contributed by atoms with Gasteiger partial charge in [-0.05, 0) is 72.4 Å². The van der Waals surface area contributed by atoms with Crippen LogP contribution in [0.4, 0.5) is 16.2 Å². The molecular formula is C27H30ClN3O3S. The summed E-state index contributed by atoms with van der Waals surface area (Å²) >= 11 is 5.91. The van der Waals surface area contributed by atoms with Gasteiger partial charge in [0.2, 0.25) is 0 Å². The molecule has 6 nitrogen and oxygen atoms in total. The summed E-state index contributed by atoms with van der Waals surface area (Å²) in [6.07, 6.45) is 0.785. The van der Waals surface area contributed by atoms with E-state index in [-0.39, 0.29) is 10.9 Å². The van der Waals surface area contributed by atoms with E-state index in [1.54, 1.807) is 17.0 Å². The first-order valence-corrected chi connectivity index (χ1v) is 13.5. The lowest BCUT2D eigenvalue weighted by Crippen LogP contribution is -2.49. The van der Waals surface area contributed by atoms with Crippen molar-refractivity contribution >= 4 is 39.0 Å². The molecule has 1 fully saturated rings. The van der Waals surface area contributed by atoms with Gasteiger partial charge in [0.1, 0.15) is 0 Å². The van der Waals surface area contributed by atoms with Gasteiger partial charge in [-0.1, -0.05) is 55.8 Å². The van der Waals surface area contributed by atoms with Crippen LogP contribution in [-0.4, -0.2) is 32.4 Å². The first kappa shape index (κ1) is 25.1. The number of aryl methyl sites for hydroxylation is 1. The van der Waals surface area contributed by atoms with Gasteiger partial charge in [0.05, 0.1) is 16.3 Å². The van der Waals surface area contributed by atoms with Gasteiger partial charge in [-0.2, -0.15) is 0 Å². The molecule has 3 aromatic rings. The lowest BCUT2D eigenvalue weighted by Gasteiger charge is -2.36. The van der Waals surface area contributed by atoms with Gasteiger partial charge in [-0.25, -0.2) is 13.2 Å². The van der Waals surface area contributed by atoms with Gasteiger partial charge in [-0.3, -0.25) is 9.62 Å². The van der Waals surface area contributed by atoms with Crippen LogP contribution in [0.3, 0.4) is 0 Å². The van der Waals surface area contributed by atoms with Crippen LogP contribution in [0.2, 0.25) is 5.02 Å². The van der Waals surface area contributed by atoms with Crippen molar-refractivity contribution < 1.29 is 13.2 Å². The zero-order valence-electron chi connectivity index (χ0n) is 20.2. The topological polar surface area (TPSA) is 69.7 Å². The number of sulfonamides is 1. The minimum absolute atomic E-state index is 0.103. The Labute approximate surface area is 212 Å².